The highest BCUT2D eigenvalue weighted by molar-refractivity contribution is 7.99. The van der Waals surface area contributed by atoms with Crippen molar-refractivity contribution in [2.75, 3.05) is 24.6 Å². The number of thioether (sulfide) groups is 1. The van der Waals surface area contributed by atoms with Crippen molar-refractivity contribution in [3.05, 3.63) is 0 Å². The topological polar surface area (TPSA) is 75.0 Å². The van der Waals surface area contributed by atoms with Gasteiger partial charge in [-0.3, -0.25) is 0 Å². The molecular weight excluding hydrogens is 126 g/mol. The fraction of sp³-hybridized carbons (Fsp3) is 1.00. The van der Waals surface area contributed by atoms with Crippen LogP contribution in [0.3, 0.4) is 0 Å². The second-order valence-electron chi connectivity index (χ2n) is 1.36. The molecule has 52 valence electrons. The average Bonchev–Trinajstić information content (AvgIpc) is 1.72. The van der Waals surface area contributed by atoms with Gasteiger partial charge in [-0.1, -0.05) is 0 Å². The molecule has 0 atom stereocenters. The summed E-state index contributed by atoms with van der Waals surface area (Å²) in [7, 11) is 0. The molecule has 0 aliphatic carbocycles. The predicted octanol–water partition coefficient (Wildman–Crippen LogP) is -1.33. The maximum Gasteiger partial charge on any atom is 0.00585 e. The van der Waals surface area contributed by atoms with Crippen LogP contribution >= 0.6 is 11.8 Å². The van der Waals surface area contributed by atoms with E-state index >= 15 is 0 Å². The maximum absolute atomic E-state index is 3.26. The molecule has 0 unspecified atom stereocenters. The van der Waals surface area contributed by atoms with E-state index in [1.54, 1.807) is 0 Å². The van der Waals surface area contributed by atoms with Crippen molar-refractivity contribution in [1.82, 2.24) is 5.32 Å². The summed E-state index contributed by atoms with van der Waals surface area (Å²) in [5.41, 5.74) is 0. The van der Waals surface area contributed by atoms with Gasteiger partial charge in [-0.2, -0.15) is 11.8 Å². The van der Waals surface area contributed by atoms with Crippen LogP contribution in [0.1, 0.15) is 0 Å². The molecule has 1 rings (SSSR count). The summed E-state index contributed by atoms with van der Waals surface area (Å²) in [6.07, 6.45) is 0. The molecule has 0 spiro atoms. The lowest BCUT2D eigenvalue weighted by molar-refractivity contribution is 0.756. The van der Waals surface area contributed by atoms with Crippen LogP contribution in [0.25, 0.3) is 0 Å². The zero-order chi connectivity index (χ0) is 4.24. The summed E-state index contributed by atoms with van der Waals surface area (Å²) >= 11 is 2.03. The molecule has 0 radical (unpaired) electrons. The Morgan fingerprint density at radius 3 is 1.62 bits per heavy atom. The molecule has 1 aliphatic rings. The van der Waals surface area contributed by atoms with Crippen LogP contribution in [0.5, 0.6) is 0 Å². The van der Waals surface area contributed by atoms with Crippen LogP contribution in [-0.2, 0) is 0 Å². The van der Waals surface area contributed by atoms with Gasteiger partial charge in [-0.05, 0) is 0 Å². The van der Waals surface area contributed by atoms with Crippen molar-refractivity contribution in [3.8, 4) is 0 Å². The van der Waals surface area contributed by atoms with Crippen LogP contribution in [0.15, 0.2) is 0 Å². The van der Waals surface area contributed by atoms with Crippen molar-refractivity contribution in [1.29, 1.82) is 0 Å². The van der Waals surface area contributed by atoms with Gasteiger partial charge in [0.2, 0.25) is 0 Å². The third-order valence-electron chi connectivity index (χ3n) is 0.846. The highest BCUT2D eigenvalue weighted by Crippen LogP contribution is 1.99. The molecule has 0 amide bonds. The first-order chi connectivity index (χ1) is 3.00. The van der Waals surface area contributed by atoms with Crippen LogP contribution in [-0.4, -0.2) is 35.5 Å². The van der Waals surface area contributed by atoms with E-state index in [0.29, 0.717) is 0 Å². The zero-order valence-electron chi connectivity index (χ0n) is 4.74. The molecule has 0 saturated carbocycles. The number of rotatable bonds is 0. The Bertz CT molecular complexity index is 29.5. The summed E-state index contributed by atoms with van der Waals surface area (Å²) in [5, 5.41) is 3.26. The summed E-state index contributed by atoms with van der Waals surface area (Å²) in [6.45, 7) is 2.43. The first kappa shape index (κ1) is 11.1. The van der Waals surface area contributed by atoms with Crippen LogP contribution in [0.4, 0.5) is 0 Å². The van der Waals surface area contributed by atoms with Crippen molar-refractivity contribution in [3.63, 3.8) is 0 Å². The Balaban J connectivity index is 0. The fourth-order valence-corrected chi connectivity index (χ4v) is 1.30. The minimum absolute atomic E-state index is 0. The lowest BCUT2D eigenvalue weighted by atomic mass is 10.6. The Kier molecular flexibility index (Phi) is 10.0. The quantitative estimate of drug-likeness (QED) is 0.451. The number of hydrogen-bond donors (Lipinski definition) is 1. The molecule has 1 heterocycles. The zero-order valence-corrected chi connectivity index (χ0v) is 5.55. The summed E-state index contributed by atoms with van der Waals surface area (Å²) in [4.78, 5) is 0. The summed E-state index contributed by atoms with van der Waals surface area (Å²) in [6, 6.07) is 0. The molecular formula is C4H13NO2S. The van der Waals surface area contributed by atoms with E-state index in [1.807, 2.05) is 11.8 Å². The Hall–Kier alpha value is 0.230. The number of nitrogens with one attached hydrogen (secondary N) is 1. The van der Waals surface area contributed by atoms with Gasteiger partial charge in [0.25, 0.3) is 0 Å². The van der Waals surface area contributed by atoms with E-state index in [9.17, 15) is 0 Å². The minimum atomic E-state index is 0. The van der Waals surface area contributed by atoms with Gasteiger partial charge in [0.05, 0.1) is 0 Å². The van der Waals surface area contributed by atoms with E-state index in [2.05, 4.69) is 5.32 Å². The third-order valence-corrected chi connectivity index (χ3v) is 1.83. The van der Waals surface area contributed by atoms with Crippen molar-refractivity contribution < 1.29 is 11.0 Å². The lowest BCUT2D eigenvalue weighted by Crippen LogP contribution is -2.24. The van der Waals surface area contributed by atoms with Crippen molar-refractivity contribution >= 4 is 11.8 Å². The monoisotopic (exact) mass is 139 g/mol. The molecule has 1 aliphatic heterocycles. The van der Waals surface area contributed by atoms with Gasteiger partial charge >= 0.3 is 0 Å². The second-order valence-corrected chi connectivity index (χ2v) is 2.59. The molecule has 1 fully saturated rings. The molecule has 4 heteroatoms. The van der Waals surface area contributed by atoms with Gasteiger partial charge in [-0.25, -0.2) is 0 Å². The predicted molar refractivity (Wildman–Crippen MR) is 37.4 cm³/mol. The third kappa shape index (κ3) is 4.39. The van der Waals surface area contributed by atoms with Gasteiger partial charge < -0.3 is 16.3 Å². The Morgan fingerprint density at radius 2 is 1.50 bits per heavy atom. The molecule has 0 bridgehead atoms. The highest BCUT2D eigenvalue weighted by Gasteiger charge is 1.93. The van der Waals surface area contributed by atoms with Crippen molar-refractivity contribution in [2.24, 2.45) is 0 Å². The summed E-state index contributed by atoms with van der Waals surface area (Å²) in [5.74, 6) is 2.61. The fourth-order valence-electron chi connectivity index (χ4n) is 0.516. The molecule has 0 aromatic heterocycles. The Labute approximate surface area is 53.5 Å². The smallest absolute Gasteiger partial charge is 0.00585 e. The second kappa shape index (κ2) is 7.23. The first-order valence-corrected chi connectivity index (χ1v) is 3.44. The standard InChI is InChI=1S/C4H9NS.2H2O/c1-3-6-4-2-5-1;;/h5H,1-4H2;2*1H2. The van der Waals surface area contributed by atoms with E-state index in [0.717, 1.165) is 0 Å². The van der Waals surface area contributed by atoms with Gasteiger partial charge in [0, 0.05) is 24.6 Å². The SMILES string of the molecule is C1CSCCN1.O.O. The average molecular weight is 139 g/mol. The molecule has 0 aromatic carbocycles. The molecule has 1 saturated heterocycles. The molecule has 5 N–H and O–H groups in total. The lowest BCUT2D eigenvalue weighted by Gasteiger charge is -2.08. The molecule has 3 nitrogen and oxygen atoms in total. The minimum Gasteiger partial charge on any atom is -0.412 e. The molecule has 8 heavy (non-hydrogen) atoms. The van der Waals surface area contributed by atoms with E-state index in [4.69, 9.17) is 0 Å². The largest absolute Gasteiger partial charge is 0.412 e. The maximum atomic E-state index is 3.26. The van der Waals surface area contributed by atoms with Gasteiger partial charge in [0.1, 0.15) is 0 Å². The number of hydrogen-bond acceptors (Lipinski definition) is 2. The van der Waals surface area contributed by atoms with Crippen LogP contribution < -0.4 is 5.32 Å². The highest BCUT2D eigenvalue weighted by atomic mass is 32.2. The van der Waals surface area contributed by atoms with E-state index in [1.165, 1.54) is 24.6 Å². The van der Waals surface area contributed by atoms with Crippen molar-refractivity contribution in [2.45, 2.75) is 0 Å². The normalized spacial score (nSPS) is 18.0. The van der Waals surface area contributed by atoms with Crippen LogP contribution in [0, 0.1) is 0 Å². The summed E-state index contributed by atoms with van der Waals surface area (Å²) < 4.78 is 0. The first-order valence-electron chi connectivity index (χ1n) is 2.28. The van der Waals surface area contributed by atoms with Gasteiger partial charge in [-0.15, -0.1) is 0 Å². The van der Waals surface area contributed by atoms with Crippen LogP contribution in [0.2, 0.25) is 0 Å². The van der Waals surface area contributed by atoms with Gasteiger partial charge in [0.15, 0.2) is 0 Å². The van der Waals surface area contributed by atoms with E-state index in [-0.39, 0.29) is 11.0 Å². The molecule has 0 aromatic rings. The van der Waals surface area contributed by atoms with E-state index < -0.39 is 0 Å². The Morgan fingerprint density at radius 1 is 1.00 bits per heavy atom.